The Labute approximate surface area is 190 Å². The van der Waals surface area contributed by atoms with Crippen LogP contribution in [0.4, 0.5) is 0 Å². The monoisotopic (exact) mass is 463 g/mol. The van der Waals surface area contributed by atoms with Gasteiger partial charge in [0, 0.05) is 23.0 Å². The van der Waals surface area contributed by atoms with Gasteiger partial charge in [0.1, 0.15) is 5.58 Å². The summed E-state index contributed by atoms with van der Waals surface area (Å²) in [6, 6.07) is 3.53. The van der Waals surface area contributed by atoms with Gasteiger partial charge in [-0.3, -0.25) is 9.59 Å². The number of carbonyl (C=O) groups is 2. The van der Waals surface area contributed by atoms with E-state index < -0.39 is 22.4 Å². The first-order chi connectivity index (χ1) is 15.0. The van der Waals surface area contributed by atoms with E-state index in [1.807, 2.05) is 26.8 Å². The average molecular weight is 464 g/mol. The standard InChI is InChI=1S/C24H33NO6S/c1-6-17(5)25(19-7-8-32(28,29)14-19)23(26)13-31-24(27)10-18-12-30-22-9-16(4)20(15(2)3)11-21(18)22/h9,11-12,15,17,19H,6-8,10,13-14H2,1-5H3. The van der Waals surface area contributed by atoms with Crippen LogP contribution in [0.25, 0.3) is 11.0 Å². The van der Waals surface area contributed by atoms with E-state index in [4.69, 9.17) is 9.15 Å². The zero-order chi connectivity index (χ0) is 23.6. The van der Waals surface area contributed by atoms with Gasteiger partial charge in [0.25, 0.3) is 5.91 Å². The molecule has 1 aromatic carbocycles. The van der Waals surface area contributed by atoms with Gasteiger partial charge in [-0.15, -0.1) is 0 Å². The molecule has 3 rings (SSSR count). The summed E-state index contributed by atoms with van der Waals surface area (Å²) >= 11 is 0. The number of esters is 1. The van der Waals surface area contributed by atoms with Crippen LogP contribution in [0.2, 0.25) is 0 Å². The molecule has 2 heterocycles. The maximum Gasteiger partial charge on any atom is 0.310 e. The Kier molecular flexibility index (Phi) is 7.32. The van der Waals surface area contributed by atoms with E-state index in [1.165, 1.54) is 5.56 Å². The third-order valence-electron chi connectivity index (χ3n) is 6.31. The maximum atomic E-state index is 12.9. The number of sulfone groups is 1. The minimum atomic E-state index is -3.13. The second-order valence-corrected chi connectivity index (χ2v) is 11.3. The number of hydrogen-bond acceptors (Lipinski definition) is 6. The molecule has 2 atom stereocenters. The van der Waals surface area contributed by atoms with Crippen LogP contribution >= 0.6 is 0 Å². The van der Waals surface area contributed by atoms with Crippen molar-refractivity contribution in [3.8, 4) is 0 Å². The number of nitrogens with zero attached hydrogens (tertiary/aromatic N) is 1. The zero-order valence-corrected chi connectivity index (χ0v) is 20.3. The van der Waals surface area contributed by atoms with Crippen LogP contribution in [0, 0.1) is 6.92 Å². The van der Waals surface area contributed by atoms with Crippen molar-refractivity contribution in [1.82, 2.24) is 4.90 Å². The number of rotatable bonds is 8. The van der Waals surface area contributed by atoms with E-state index >= 15 is 0 Å². The number of fused-ring (bicyclic) bond motifs is 1. The van der Waals surface area contributed by atoms with E-state index in [2.05, 4.69) is 19.9 Å². The summed E-state index contributed by atoms with van der Waals surface area (Å²) in [6.45, 7) is 9.70. The molecular weight excluding hydrogens is 430 g/mol. The van der Waals surface area contributed by atoms with Gasteiger partial charge in [-0.05, 0) is 55.9 Å². The molecule has 176 valence electrons. The van der Waals surface area contributed by atoms with Gasteiger partial charge in [0.2, 0.25) is 0 Å². The van der Waals surface area contributed by atoms with Crippen molar-refractivity contribution >= 4 is 32.7 Å². The summed E-state index contributed by atoms with van der Waals surface area (Å²) < 4.78 is 34.7. The van der Waals surface area contributed by atoms with Crippen LogP contribution in [0.1, 0.15) is 63.1 Å². The lowest BCUT2D eigenvalue weighted by Gasteiger charge is -2.33. The summed E-state index contributed by atoms with van der Waals surface area (Å²) in [4.78, 5) is 26.9. The molecule has 32 heavy (non-hydrogen) atoms. The molecule has 0 radical (unpaired) electrons. The van der Waals surface area contributed by atoms with Crippen molar-refractivity contribution in [1.29, 1.82) is 0 Å². The third kappa shape index (κ3) is 5.34. The van der Waals surface area contributed by atoms with Crippen molar-refractivity contribution in [3.63, 3.8) is 0 Å². The molecule has 1 aromatic heterocycles. The molecule has 0 bridgehead atoms. The number of furan rings is 1. The fraction of sp³-hybridized carbons (Fsp3) is 0.583. The largest absolute Gasteiger partial charge is 0.464 e. The summed E-state index contributed by atoms with van der Waals surface area (Å²) in [6.07, 6.45) is 2.67. The van der Waals surface area contributed by atoms with Gasteiger partial charge in [0.05, 0.1) is 24.2 Å². The molecule has 1 aliphatic rings. The van der Waals surface area contributed by atoms with Crippen molar-refractivity contribution in [2.75, 3.05) is 18.1 Å². The fourth-order valence-electron chi connectivity index (χ4n) is 4.43. The number of carbonyl (C=O) groups excluding carboxylic acids is 2. The van der Waals surface area contributed by atoms with Gasteiger partial charge in [-0.25, -0.2) is 8.42 Å². The quantitative estimate of drug-likeness (QED) is 0.553. The van der Waals surface area contributed by atoms with Crippen LogP contribution in [-0.2, 0) is 30.6 Å². The molecule has 7 nitrogen and oxygen atoms in total. The van der Waals surface area contributed by atoms with Crippen molar-refractivity contribution < 1.29 is 27.2 Å². The number of amides is 1. The smallest absolute Gasteiger partial charge is 0.310 e. The normalized spacial score (nSPS) is 18.8. The Hall–Kier alpha value is -2.35. The highest BCUT2D eigenvalue weighted by atomic mass is 32.2. The maximum absolute atomic E-state index is 12.9. The van der Waals surface area contributed by atoms with E-state index in [9.17, 15) is 18.0 Å². The van der Waals surface area contributed by atoms with Crippen LogP contribution in [0.5, 0.6) is 0 Å². The SMILES string of the molecule is CCC(C)N(C(=O)COC(=O)Cc1coc2cc(C)c(C(C)C)cc12)C1CCS(=O)(=O)C1. The number of ether oxygens (including phenoxy) is 1. The van der Waals surface area contributed by atoms with Gasteiger partial charge < -0.3 is 14.1 Å². The lowest BCUT2D eigenvalue weighted by atomic mass is 9.95. The molecule has 1 fully saturated rings. The summed E-state index contributed by atoms with van der Waals surface area (Å²) in [5.74, 6) is -0.475. The van der Waals surface area contributed by atoms with Crippen LogP contribution in [-0.4, -0.2) is 55.4 Å². The minimum absolute atomic E-state index is 0.00200. The zero-order valence-electron chi connectivity index (χ0n) is 19.5. The first-order valence-electron chi connectivity index (χ1n) is 11.2. The molecule has 0 saturated carbocycles. The predicted molar refractivity (Wildman–Crippen MR) is 123 cm³/mol. The van der Waals surface area contributed by atoms with E-state index in [-0.39, 0.29) is 35.9 Å². The first-order valence-corrected chi connectivity index (χ1v) is 13.0. The Morgan fingerprint density at radius 3 is 2.56 bits per heavy atom. The molecule has 0 spiro atoms. The van der Waals surface area contributed by atoms with Crippen molar-refractivity contribution in [3.05, 3.63) is 35.1 Å². The second kappa shape index (κ2) is 9.65. The van der Waals surface area contributed by atoms with E-state index in [1.54, 1.807) is 11.2 Å². The molecule has 1 amide bonds. The number of aryl methyl sites for hydroxylation is 1. The highest BCUT2D eigenvalue weighted by molar-refractivity contribution is 7.91. The fourth-order valence-corrected chi connectivity index (χ4v) is 6.14. The molecule has 0 N–H and O–H groups in total. The molecule has 8 heteroatoms. The lowest BCUT2D eigenvalue weighted by Crippen LogP contribution is -2.48. The topological polar surface area (TPSA) is 93.9 Å². The Morgan fingerprint density at radius 1 is 1.25 bits per heavy atom. The Bertz CT molecular complexity index is 1100. The Morgan fingerprint density at radius 2 is 1.97 bits per heavy atom. The minimum Gasteiger partial charge on any atom is -0.464 e. The van der Waals surface area contributed by atoms with Gasteiger partial charge in [-0.2, -0.15) is 0 Å². The Balaban J connectivity index is 1.67. The number of hydrogen-bond donors (Lipinski definition) is 0. The summed E-state index contributed by atoms with van der Waals surface area (Å²) in [5.41, 5.74) is 3.77. The highest BCUT2D eigenvalue weighted by Gasteiger charge is 2.36. The summed E-state index contributed by atoms with van der Waals surface area (Å²) in [7, 11) is -3.13. The van der Waals surface area contributed by atoms with Crippen LogP contribution in [0.15, 0.2) is 22.8 Å². The molecule has 2 aromatic rings. The molecule has 2 unspecified atom stereocenters. The van der Waals surface area contributed by atoms with Gasteiger partial charge in [0.15, 0.2) is 16.4 Å². The average Bonchev–Trinajstić information content (AvgIpc) is 3.27. The number of benzene rings is 1. The van der Waals surface area contributed by atoms with Gasteiger partial charge in [-0.1, -0.05) is 20.8 Å². The highest BCUT2D eigenvalue weighted by Crippen LogP contribution is 2.29. The second-order valence-electron chi connectivity index (χ2n) is 9.07. The van der Waals surface area contributed by atoms with E-state index in [0.717, 1.165) is 22.1 Å². The predicted octanol–water partition coefficient (Wildman–Crippen LogP) is 3.76. The van der Waals surface area contributed by atoms with Crippen LogP contribution < -0.4 is 0 Å². The lowest BCUT2D eigenvalue weighted by molar-refractivity contribution is -0.153. The van der Waals surface area contributed by atoms with Crippen molar-refractivity contribution in [2.24, 2.45) is 0 Å². The molecule has 1 aliphatic heterocycles. The first kappa shape index (κ1) is 24.3. The molecule has 0 aliphatic carbocycles. The van der Waals surface area contributed by atoms with Crippen molar-refractivity contribution in [2.45, 2.75) is 71.9 Å². The van der Waals surface area contributed by atoms with Gasteiger partial charge >= 0.3 is 5.97 Å². The van der Waals surface area contributed by atoms with E-state index in [0.29, 0.717) is 18.8 Å². The molecular formula is C24H33NO6S. The third-order valence-corrected chi connectivity index (χ3v) is 8.06. The van der Waals surface area contributed by atoms with Crippen LogP contribution in [0.3, 0.4) is 0 Å². The molecule has 1 saturated heterocycles. The summed E-state index contributed by atoms with van der Waals surface area (Å²) in [5, 5.41) is 0.875.